The van der Waals surface area contributed by atoms with Crippen molar-refractivity contribution < 1.29 is 9.59 Å². The van der Waals surface area contributed by atoms with Gasteiger partial charge in [0.1, 0.15) is 0 Å². The van der Waals surface area contributed by atoms with E-state index in [0.717, 1.165) is 45.6 Å². The number of hydrogen-bond donors (Lipinski definition) is 0. The lowest BCUT2D eigenvalue weighted by molar-refractivity contribution is -0.138. The van der Waals surface area contributed by atoms with Gasteiger partial charge in [0, 0.05) is 61.3 Å². The van der Waals surface area contributed by atoms with Gasteiger partial charge in [0.05, 0.1) is 5.92 Å². The fourth-order valence-electron chi connectivity index (χ4n) is 4.15. The van der Waals surface area contributed by atoms with E-state index in [0.29, 0.717) is 23.7 Å². The highest BCUT2D eigenvalue weighted by atomic mass is 35.5. The molecule has 0 saturated carbocycles. The summed E-state index contributed by atoms with van der Waals surface area (Å²) >= 11 is 7.71. The molecule has 2 aromatic rings. The predicted octanol–water partition coefficient (Wildman–Crippen LogP) is 3.60. The maximum absolute atomic E-state index is 13.1. The molecule has 2 saturated heterocycles. The van der Waals surface area contributed by atoms with Gasteiger partial charge < -0.3 is 9.80 Å². The number of halogens is 1. The Morgan fingerprint density at radius 2 is 1.76 bits per heavy atom. The number of rotatable bonds is 4. The van der Waals surface area contributed by atoms with Gasteiger partial charge in [-0.1, -0.05) is 17.7 Å². The van der Waals surface area contributed by atoms with Crippen molar-refractivity contribution in [2.45, 2.75) is 19.4 Å². The zero-order chi connectivity index (χ0) is 20.2. The average molecular weight is 432 g/mol. The number of carbonyl (C=O) groups excluding carboxylic acids is 2. The Hall–Kier alpha value is -1.89. The predicted molar refractivity (Wildman–Crippen MR) is 116 cm³/mol. The lowest BCUT2D eigenvalue weighted by Gasteiger charge is -2.39. The quantitative estimate of drug-likeness (QED) is 0.742. The molecule has 0 radical (unpaired) electrons. The van der Waals surface area contributed by atoms with Crippen molar-refractivity contribution in [2.75, 3.05) is 39.3 Å². The second kappa shape index (κ2) is 9.28. The number of hydrogen-bond acceptors (Lipinski definition) is 4. The molecule has 2 fully saturated rings. The van der Waals surface area contributed by atoms with E-state index < -0.39 is 0 Å². The van der Waals surface area contributed by atoms with E-state index in [2.05, 4.69) is 22.4 Å². The first-order chi connectivity index (χ1) is 14.1. The standard InChI is InChI=1S/C22H26ClN3O2S/c23-19-7-5-17(6-8-19)21(27)26-9-1-3-18(15-26)22(28)25-12-10-24(11-13-25)16-20-4-2-14-29-20/h2,4-8,14,18H,1,3,9-13,15-16H2/t18-/m1/s1. The van der Waals surface area contributed by atoms with Crippen molar-refractivity contribution in [1.82, 2.24) is 14.7 Å². The van der Waals surface area contributed by atoms with Crippen LogP contribution in [0.2, 0.25) is 5.02 Å². The third kappa shape index (κ3) is 5.00. The van der Waals surface area contributed by atoms with Crippen molar-refractivity contribution in [1.29, 1.82) is 0 Å². The van der Waals surface area contributed by atoms with E-state index >= 15 is 0 Å². The zero-order valence-corrected chi connectivity index (χ0v) is 18.0. The number of piperidine rings is 1. The normalized spacial score (nSPS) is 20.7. The first-order valence-corrected chi connectivity index (χ1v) is 11.4. The van der Waals surface area contributed by atoms with E-state index in [1.54, 1.807) is 35.6 Å². The van der Waals surface area contributed by atoms with Gasteiger partial charge in [-0.2, -0.15) is 0 Å². The Morgan fingerprint density at radius 3 is 2.45 bits per heavy atom. The minimum atomic E-state index is -0.0937. The lowest BCUT2D eigenvalue weighted by atomic mass is 9.95. The van der Waals surface area contributed by atoms with Gasteiger partial charge >= 0.3 is 0 Å². The molecular weight excluding hydrogens is 406 g/mol. The van der Waals surface area contributed by atoms with Crippen molar-refractivity contribution >= 4 is 34.8 Å². The molecule has 29 heavy (non-hydrogen) atoms. The summed E-state index contributed by atoms with van der Waals surface area (Å²) in [4.78, 5) is 33.5. The molecule has 1 atom stereocenters. The molecular formula is C22H26ClN3O2S. The van der Waals surface area contributed by atoms with Crippen LogP contribution in [0.25, 0.3) is 0 Å². The van der Waals surface area contributed by atoms with Gasteiger partial charge in [0.25, 0.3) is 5.91 Å². The van der Waals surface area contributed by atoms with Gasteiger partial charge in [0.2, 0.25) is 5.91 Å². The first-order valence-electron chi connectivity index (χ1n) is 10.2. The lowest BCUT2D eigenvalue weighted by Crippen LogP contribution is -2.52. The van der Waals surface area contributed by atoms with Crippen molar-refractivity contribution in [3.05, 3.63) is 57.2 Å². The molecule has 0 N–H and O–H groups in total. The van der Waals surface area contributed by atoms with E-state index in [9.17, 15) is 9.59 Å². The summed E-state index contributed by atoms with van der Waals surface area (Å²) in [5.41, 5.74) is 0.629. The SMILES string of the molecule is O=C(c1ccc(Cl)cc1)N1CCC[C@@H](C(=O)N2CCN(Cc3cccs3)CC2)C1. The summed E-state index contributed by atoms with van der Waals surface area (Å²) in [5, 5.41) is 2.72. The second-order valence-electron chi connectivity index (χ2n) is 7.78. The maximum Gasteiger partial charge on any atom is 0.253 e. The Morgan fingerprint density at radius 1 is 1.00 bits per heavy atom. The van der Waals surface area contributed by atoms with Crippen LogP contribution in [0.5, 0.6) is 0 Å². The molecule has 0 bridgehead atoms. The summed E-state index contributed by atoms with van der Waals surface area (Å²) in [6.07, 6.45) is 1.73. The molecule has 2 aliphatic rings. The summed E-state index contributed by atoms with van der Waals surface area (Å²) in [6, 6.07) is 11.2. The number of likely N-dealkylation sites (tertiary alicyclic amines) is 1. The van der Waals surface area contributed by atoms with Crippen molar-refractivity contribution in [3.63, 3.8) is 0 Å². The van der Waals surface area contributed by atoms with Gasteiger partial charge in [0.15, 0.2) is 0 Å². The molecule has 4 rings (SSSR count). The molecule has 2 amide bonds. The molecule has 154 valence electrons. The van der Waals surface area contributed by atoms with Gasteiger partial charge in [-0.15, -0.1) is 11.3 Å². The Bertz CT molecular complexity index is 832. The van der Waals surface area contributed by atoms with Crippen LogP contribution in [0.3, 0.4) is 0 Å². The summed E-state index contributed by atoms with van der Waals surface area (Å²) in [7, 11) is 0. The fraction of sp³-hybridized carbons (Fsp3) is 0.455. The fourth-order valence-corrected chi connectivity index (χ4v) is 5.02. The highest BCUT2D eigenvalue weighted by Crippen LogP contribution is 2.22. The van der Waals surface area contributed by atoms with Crippen LogP contribution in [0, 0.1) is 5.92 Å². The summed E-state index contributed by atoms with van der Waals surface area (Å²) in [6.45, 7) is 5.53. The van der Waals surface area contributed by atoms with Crippen LogP contribution in [0.1, 0.15) is 28.1 Å². The summed E-state index contributed by atoms with van der Waals surface area (Å²) in [5.74, 6) is 0.0955. The number of nitrogens with zero attached hydrogens (tertiary/aromatic N) is 3. The Kier molecular flexibility index (Phi) is 6.53. The molecule has 1 aromatic heterocycles. The minimum Gasteiger partial charge on any atom is -0.340 e. The molecule has 7 heteroatoms. The third-order valence-electron chi connectivity index (χ3n) is 5.79. The number of piperazine rings is 1. The van der Waals surface area contributed by atoms with Gasteiger partial charge in [-0.3, -0.25) is 14.5 Å². The number of benzene rings is 1. The molecule has 5 nitrogen and oxygen atoms in total. The molecule has 3 heterocycles. The van der Waals surface area contributed by atoms with Crippen LogP contribution in [0.4, 0.5) is 0 Å². The zero-order valence-electron chi connectivity index (χ0n) is 16.4. The number of carbonyl (C=O) groups is 2. The van der Waals surface area contributed by atoms with Crippen molar-refractivity contribution in [3.8, 4) is 0 Å². The van der Waals surface area contributed by atoms with Gasteiger partial charge in [-0.05, 0) is 48.6 Å². The number of thiophene rings is 1. The van der Waals surface area contributed by atoms with E-state index in [-0.39, 0.29) is 17.7 Å². The van der Waals surface area contributed by atoms with E-state index in [1.165, 1.54) is 4.88 Å². The molecule has 1 aromatic carbocycles. The second-order valence-corrected chi connectivity index (χ2v) is 9.25. The molecule has 2 aliphatic heterocycles. The minimum absolute atomic E-state index is 0.0140. The smallest absolute Gasteiger partial charge is 0.253 e. The largest absolute Gasteiger partial charge is 0.340 e. The maximum atomic E-state index is 13.1. The van der Waals surface area contributed by atoms with Gasteiger partial charge in [-0.25, -0.2) is 0 Å². The molecule has 0 aliphatic carbocycles. The average Bonchev–Trinajstić information content (AvgIpc) is 3.27. The van der Waals surface area contributed by atoms with Crippen LogP contribution >= 0.6 is 22.9 Å². The van der Waals surface area contributed by atoms with Crippen LogP contribution in [0.15, 0.2) is 41.8 Å². The third-order valence-corrected chi connectivity index (χ3v) is 6.91. The molecule has 0 unspecified atom stereocenters. The van der Waals surface area contributed by atoms with E-state index in [4.69, 9.17) is 11.6 Å². The first kappa shape index (κ1) is 20.4. The highest BCUT2D eigenvalue weighted by Gasteiger charge is 2.32. The Balaban J connectivity index is 1.31. The highest BCUT2D eigenvalue weighted by molar-refractivity contribution is 7.09. The van der Waals surface area contributed by atoms with Crippen LogP contribution < -0.4 is 0 Å². The van der Waals surface area contributed by atoms with Crippen LogP contribution in [-0.2, 0) is 11.3 Å². The van der Waals surface area contributed by atoms with E-state index in [1.807, 2.05) is 9.80 Å². The molecule has 0 spiro atoms. The van der Waals surface area contributed by atoms with Crippen LogP contribution in [-0.4, -0.2) is 65.8 Å². The monoisotopic (exact) mass is 431 g/mol. The number of amides is 2. The Labute approximate surface area is 180 Å². The summed E-state index contributed by atoms with van der Waals surface area (Å²) < 4.78 is 0. The topological polar surface area (TPSA) is 43.9 Å². The van der Waals surface area contributed by atoms with Crippen molar-refractivity contribution in [2.24, 2.45) is 5.92 Å².